The van der Waals surface area contributed by atoms with Gasteiger partial charge in [0.1, 0.15) is 17.8 Å². The minimum atomic E-state index is -0.847. The lowest BCUT2D eigenvalue weighted by molar-refractivity contribution is -0.141. The van der Waals surface area contributed by atoms with Crippen molar-refractivity contribution in [2.24, 2.45) is 5.92 Å². The molecule has 4 nitrogen and oxygen atoms in total. The second-order valence-electron chi connectivity index (χ2n) is 3.53. The van der Waals surface area contributed by atoms with Crippen LogP contribution in [0.25, 0.3) is 0 Å². The summed E-state index contributed by atoms with van der Waals surface area (Å²) in [4.78, 5) is 11.0. The lowest BCUT2D eigenvalue weighted by Crippen LogP contribution is -2.21. The standard InChI is InChI=1S/C10H10N2O2/c11-6-8-2-1-5-12(8)9(10(13)14)7-3-4-7/h1-2,5,7,9H,3-4H2,(H,13,14). The molecule has 1 aliphatic rings. The zero-order valence-corrected chi connectivity index (χ0v) is 7.55. The zero-order valence-electron chi connectivity index (χ0n) is 7.55. The highest BCUT2D eigenvalue weighted by Gasteiger charge is 2.38. The van der Waals surface area contributed by atoms with E-state index in [1.54, 1.807) is 22.9 Å². The van der Waals surface area contributed by atoms with Crippen molar-refractivity contribution in [2.75, 3.05) is 0 Å². The van der Waals surface area contributed by atoms with E-state index in [9.17, 15) is 4.79 Å². The molecular formula is C10H10N2O2. The maximum Gasteiger partial charge on any atom is 0.326 e. The normalized spacial score (nSPS) is 17.4. The van der Waals surface area contributed by atoms with Crippen LogP contribution in [0.15, 0.2) is 18.3 Å². The van der Waals surface area contributed by atoms with Crippen LogP contribution in [0.5, 0.6) is 0 Å². The summed E-state index contributed by atoms with van der Waals surface area (Å²) in [5.74, 6) is -0.646. The van der Waals surface area contributed by atoms with Crippen molar-refractivity contribution in [1.82, 2.24) is 4.57 Å². The van der Waals surface area contributed by atoms with Gasteiger partial charge in [0.15, 0.2) is 0 Å². The molecule has 0 aliphatic heterocycles. The first-order valence-electron chi connectivity index (χ1n) is 4.54. The van der Waals surface area contributed by atoms with Gasteiger partial charge in [-0.15, -0.1) is 0 Å². The van der Waals surface area contributed by atoms with Crippen molar-refractivity contribution in [1.29, 1.82) is 5.26 Å². The second kappa shape index (κ2) is 3.18. The summed E-state index contributed by atoms with van der Waals surface area (Å²) in [7, 11) is 0. The Morgan fingerprint density at radius 3 is 2.93 bits per heavy atom. The minimum Gasteiger partial charge on any atom is -0.480 e. The van der Waals surface area contributed by atoms with Gasteiger partial charge in [0.05, 0.1) is 0 Å². The number of rotatable bonds is 3. The van der Waals surface area contributed by atoms with E-state index in [0.29, 0.717) is 5.69 Å². The third-order valence-electron chi connectivity index (χ3n) is 2.51. The first-order valence-corrected chi connectivity index (χ1v) is 4.54. The fourth-order valence-corrected chi connectivity index (χ4v) is 1.69. The van der Waals surface area contributed by atoms with E-state index in [-0.39, 0.29) is 5.92 Å². The number of carboxylic acid groups (broad SMARTS) is 1. The number of aromatic nitrogens is 1. The van der Waals surface area contributed by atoms with Gasteiger partial charge in [0.25, 0.3) is 0 Å². The molecule has 1 aromatic rings. The molecule has 0 bridgehead atoms. The molecule has 14 heavy (non-hydrogen) atoms. The summed E-state index contributed by atoms with van der Waals surface area (Å²) in [6.07, 6.45) is 3.55. The van der Waals surface area contributed by atoms with Crippen LogP contribution in [0.4, 0.5) is 0 Å². The highest BCUT2D eigenvalue weighted by atomic mass is 16.4. The number of carbonyl (C=O) groups is 1. The van der Waals surface area contributed by atoms with Gasteiger partial charge < -0.3 is 9.67 Å². The maximum atomic E-state index is 11.0. The van der Waals surface area contributed by atoms with Gasteiger partial charge >= 0.3 is 5.97 Å². The minimum absolute atomic E-state index is 0.201. The summed E-state index contributed by atoms with van der Waals surface area (Å²) in [5.41, 5.74) is 0.421. The van der Waals surface area contributed by atoms with Crippen LogP contribution >= 0.6 is 0 Å². The summed E-state index contributed by atoms with van der Waals surface area (Å²) >= 11 is 0. The predicted molar refractivity (Wildman–Crippen MR) is 48.5 cm³/mol. The monoisotopic (exact) mass is 190 g/mol. The highest BCUT2D eigenvalue weighted by Crippen LogP contribution is 2.40. The van der Waals surface area contributed by atoms with Crippen LogP contribution in [0.1, 0.15) is 24.6 Å². The Labute approximate surface area is 81.4 Å². The first-order chi connectivity index (χ1) is 6.74. The van der Waals surface area contributed by atoms with E-state index in [1.807, 2.05) is 6.07 Å². The number of nitriles is 1. The maximum absolute atomic E-state index is 11.0. The highest BCUT2D eigenvalue weighted by molar-refractivity contribution is 5.73. The van der Waals surface area contributed by atoms with Crippen molar-refractivity contribution in [3.05, 3.63) is 24.0 Å². The van der Waals surface area contributed by atoms with Gasteiger partial charge in [0.2, 0.25) is 0 Å². The SMILES string of the molecule is N#Cc1cccn1C(C(=O)O)C1CC1. The molecule has 1 saturated carbocycles. The molecule has 1 unspecified atom stereocenters. The van der Waals surface area contributed by atoms with E-state index in [0.717, 1.165) is 12.8 Å². The Kier molecular flexibility index (Phi) is 2.01. The molecule has 4 heteroatoms. The largest absolute Gasteiger partial charge is 0.480 e. The van der Waals surface area contributed by atoms with Gasteiger partial charge in [-0.3, -0.25) is 0 Å². The van der Waals surface area contributed by atoms with Gasteiger partial charge in [0, 0.05) is 6.20 Å². The van der Waals surface area contributed by atoms with Crippen LogP contribution in [-0.4, -0.2) is 15.6 Å². The second-order valence-corrected chi connectivity index (χ2v) is 3.53. The molecule has 72 valence electrons. The van der Waals surface area contributed by atoms with Crippen LogP contribution in [0, 0.1) is 17.2 Å². The van der Waals surface area contributed by atoms with E-state index in [2.05, 4.69) is 0 Å². The molecular weight excluding hydrogens is 180 g/mol. The van der Waals surface area contributed by atoms with Crippen LogP contribution in [0.2, 0.25) is 0 Å². The van der Waals surface area contributed by atoms with Crippen molar-refractivity contribution >= 4 is 5.97 Å². The lowest BCUT2D eigenvalue weighted by Gasteiger charge is -2.14. The number of carboxylic acids is 1. The van der Waals surface area contributed by atoms with Crippen molar-refractivity contribution in [3.8, 4) is 6.07 Å². The Bertz CT molecular complexity index is 398. The quantitative estimate of drug-likeness (QED) is 0.783. The van der Waals surface area contributed by atoms with Crippen molar-refractivity contribution in [3.63, 3.8) is 0 Å². The fraction of sp³-hybridized carbons (Fsp3) is 0.400. The predicted octanol–water partition coefficient (Wildman–Crippen LogP) is 1.40. The molecule has 2 rings (SSSR count). The van der Waals surface area contributed by atoms with Gasteiger partial charge in [-0.2, -0.15) is 5.26 Å². The van der Waals surface area contributed by atoms with Crippen LogP contribution in [-0.2, 0) is 4.79 Å². The van der Waals surface area contributed by atoms with E-state index in [4.69, 9.17) is 10.4 Å². The molecule has 1 fully saturated rings. The smallest absolute Gasteiger partial charge is 0.326 e. The number of nitrogens with zero attached hydrogens (tertiary/aromatic N) is 2. The fourth-order valence-electron chi connectivity index (χ4n) is 1.69. The average Bonchev–Trinajstić information content (AvgIpc) is 2.84. The van der Waals surface area contributed by atoms with E-state index in [1.165, 1.54) is 0 Å². The van der Waals surface area contributed by atoms with Gasteiger partial charge in [-0.25, -0.2) is 4.79 Å². The van der Waals surface area contributed by atoms with Gasteiger partial charge in [-0.05, 0) is 30.9 Å². The third-order valence-corrected chi connectivity index (χ3v) is 2.51. The van der Waals surface area contributed by atoms with E-state index < -0.39 is 12.0 Å². The lowest BCUT2D eigenvalue weighted by atomic mass is 10.2. The number of hydrogen-bond donors (Lipinski definition) is 1. The van der Waals surface area contributed by atoms with E-state index >= 15 is 0 Å². The molecule has 0 saturated heterocycles. The van der Waals surface area contributed by atoms with Crippen LogP contribution < -0.4 is 0 Å². The molecule has 1 aliphatic carbocycles. The summed E-state index contributed by atoms with van der Waals surface area (Å²) in [5, 5.41) is 17.8. The summed E-state index contributed by atoms with van der Waals surface area (Å²) in [6, 6.07) is 4.78. The molecule has 0 spiro atoms. The molecule has 1 N–H and O–H groups in total. The number of hydrogen-bond acceptors (Lipinski definition) is 2. The zero-order chi connectivity index (χ0) is 10.1. The molecule has 0 aromatic carbocycles. The Hall–Kier alpha value is -1.76. The Morgan fingerprint density at radius 2 is 2.43 bits per heavy atom. The topological polar surface area (TPSA) is 66.0 Å². The first kappa shape index (κ1) is 8.82. The molecule has 1 atom stereocenters. The van der Waals surface area contributed by atoms with Crippen LogP contribution in [0.3, 0.4) is 0 Å². The Balaban J connectivity index is 2.35. The molecule has 1 aromatic heterocycles. The van der Waals surface area contributed by atoms with Crippen molar-refractivity contribution in [2.45, 2.75) is 18.9 Å². The summed E-state index contributed by atoms with van der Waals surface area (Å²) in [6.45, 7) is 0. The molecule has 0 radical (unpaired) electrons. The van der Waals surface area contributed by atoms with Gasteiger partial charge in [-0.1, -0.05) is 0 Å². The molecule has 1 heterocycles. The average molecular weight is 190 g/mol. The molecule has 0 amide bonds. The third kappa shape index (κ3) is 1.37. The Morgan fingerprint density at radius 1 is 1.71 bits per heavy atom. The number of aliphatic carboxylic acids is 1. The van der Waals surface area contributed by atoms with Crippen molar-refractivity contribution < 1.29 is 9.90 Å². The summed E-state index contributed by atoms with van der Waals surface area (Å²) < 4.78 is 1.56.